The standard InChI is InChI=1S/C18H20ClNO3/c1-12-10-13(19)6-8-16(12)22-11-15-7-9-17(23-15)18(21)20-14-4-2-3-5-14/h6-10,14H,2-5,11H2,1H3,(H,20,21). The Morgan fingerprint density at radius 2 is 2.09 bits per heavy atom. The molecule has 0 saturated heterocycles. The van der Waals surface area contributed by atoms with E-state index in [0.29, 0.717) is 16.5 Å². The molecule has 0 spiro atoms. The van der Waals surface area contributed by atoms with Crippen LogP contribution in [0.25, 0.3) is 0 Å². The molecule has 4 nitrogen and oxygen atoms in total. The predicted molar refractivity (Wildman–Crippen MR) is 89.0 cm³/mol. The topological polar surface area (TPSA) is 51.5 Å². The molecule has 122 valence electrons. The molecule has 1 aliphatic carbocycles. The summed E-state index contributed by atoms with van der Waals surface area (Å²) in [6.45, 7) is 2.21. The molecule has 3 rings (SSSR count). The lowest BCUT2D eigenvalue weighted by molar-refractivity contribution is 0.0905. The molecule has 1 aliphatic rings. The van der Waals surface area contributed by atoms with Crippen LogP contribution in [-0.4, -0.2) is 11.9 Å². The Kier molecular flexibility index (Phi) is 4.91. The molecule has 0 unspecified atom stereocenters. The number of hydrogen-bond donors (Lipinski definition) is 1. The summed E-state index contributed by atoms with van der Waals surface area (Å²) in [5, 5.41) is 3.69. The minimum absolute atomic E-state index is 0.147. The molecule has 1 aromatic heterocycles. The van der Waals surface area contributed by atoms with Gasteiger partial charge < -0.3 is 14.5 Å². The largest absolute Gasteiger partial charge is 0.485 e. The minimum atomic E-state index is -0.147. The fourth-order valence-corrected chi connectivity index (χ4v) is 3.05. The molecule has 0 atom stereocenters. The highest BCUT2D eigenvalue weighted by Crippen LogP contribution is 2.23. The molecular weight excluding hydrogens is 314 g/mol. The summed E-state index contributed by atoms with van der Waals surface area (Å²) in [6.07, 6.45) is 4.47. The number of nitrogens with one attached hydrogen (secondary N) is 1. The highest BCUT2D eigenvalue weighted by molar-refractivity contribution is 6.30. The number of hydrogen-bond acceptors (Lipinski definition) is 3. The summed E-state index contributed by atoms with van der Waals surface area (Å²) in [5.74, 6) is 1.56. The summed E-state index contributed by atoms with van der Waals surface area (Å²) in [5.41, 5.74) is 0.961. The van der Waals surface area contributed by atoms with Crippen molar-refractivity contribution in [2.45, 2.75) is 45.3 Å². The molecule has 1 heterocycles. The van der Waals surface area contributed by atoms with E-state index in [2.05, 4.69) is 5.32 Å². The van der Waals surface area contributed by atoms with Gasteiger partial charge in [-0.3, -0.25) is 4.79 Å². The van der Waals surface area contributed by atoms with E-state index in [-0.39, 0.29) is 18.6 Å². The van der Waals surface area contributed by atoms with E-state index in [1.54, 1.807) is 18.2 Å². The quantitative estimate of drug-likeness (QED) is 0.876. The third-order valence-electron chi connectivity index (χ3n) is 4.08. The average molecular weight is 334 g/mol. The van der Waals surface area contributed by atoms with Crippen LogP contribution in [0.4, 0.5) is 0 Å². The van der Waals surface area contributed by atoms with E-state index in [9.17, 15) is 4.79 Å². The van der Waals surface area contributed by atoms with Gasteiger partial charge in [-0.15, -0.1) is 0 Å². The summed E-state index contributed by atoms with van der Waals surface area (Å²) < 4.78 is 11.3. The van der Waals surface area contributed by atoms with Crippen molar-refractivity contribution in [1.82, 2.24) is 5.32 Å². The molecule has 1 amide bonds. The van der Waals surface area contributed by atoms with Crippen LogP contribution in [0.5, 0.6) is 5.75 Å². The van der Waals surface area contributed by atoms with E-state index in [1.165, 1.54) is 12.8 Å². The first-order chi connectivity index (χ1) is 11.1. The second kappa shape index (κ2) is 7.09. The number of aryl methyl sites for hydroxylation is 1. The zero-order valence-electron chi connectivity index (χ0n) is 13.1. The summed E-state index contributed by atoms with van der Waals surface area (Å²) in [7, 11) is 0. The van der Waals surface area contributed by atoms with Crippen molar-refractivity contribution < 1.29 is 13.9 Å². The average Bonchev–Trinajstić information content (AvgIpc) is 3.17. The van der Waals surface area contributed by atoms with Crippen molar-refractivity contribution >= 4 is 17.5 Å². The molecule has 1 aromatic carbocycles. The second-order valence-electron chi connectivity index (χ2n) is 5.92. The zero-order valence-corrected chi connectivity index (χ0v) is 13.9. The van der Waals surface area contributed by atoms with E-state index >= 15 is 0 Å². The minimum Gasteiger partial charge on any atom is -0.485 e. The van der Waals surface area contributed by atoms with Crippen LogP contribution >= 0.6 is 11.6 Å². The lowest BCUT2D eigenvalue weighted by Crippen LogP contribution is -2.32. The van der Waals surface area contributed by atoms with Gasteiger partial charge in [-0.1, -0.05) is 24.4 Å². The van der Waals surface area contributed by atoms with E-state index < -0.39 is 0 Å². The maximum atomic E-state index is 12.1. The van der Waals surface area contributed by atoms with Crippen LogP contribution in [0.1, 0.15) is 47.6 Å². The number of ether oxygens (including phenoxy) is 1. The van der Waals surface area contributed by atoms with Crippen molar-refractivity contribution in [1.29, 1.82) is 0 Å². The number of rotatable bonds is 5. The van der Waals surface area contributed by atoms with E-state index in [1.807, 2.05) is 19.1 Å². The Bertz CT molecular complexity index is 689. The predicted octanol–water partition coefficient (Wildman–Crippen LogP) is 4.49. The Morgan fingerprint density at radius 3 is 2.83 bits per heavy atom. The maximum absolute atomic E-state index is 12.1. The smallest absolute Gasteiger partial charge is 0.287 e. The van der Waals surface area contributed by atoms with Crippen LogP contribution in [0.2, 0.25) is 5.02 Å². The van der Waals surface area contributed by atoms with Gasteiger partial charge in [0.25, 0.3) is 5.91 Å². The number of carbonyl (C=O) groups is 1. The van der Waals surface area contributed by atoms with Gasteiger partial charge in [0.2, 0.25) is 0 Å². The third-order valence-corrected chi connectivity index (χ3v) is 4.32. The SMILES string of the molecule is Cc1cc(Cl)ccc1OCc1ccc(C(=O)NC2CCCC2)o1. The third kappa shape index (κ3) is 4.08. The Hall–Kier alpha value is -1.94. The Labute approximate surface area is 140 Å². The van der Waals surface area contributed by atoms with Gasteiger partial charge in [-0.2, -0.15) is 0 Å². The number of benzene rings is 1. The number of carbonyl (C=O) groups excluding carboxylic acids is 1. The van der Waals surface area contributed by atoms with Gasteiger partial charge in [0.1, 0.15) is 18.1 Å². The fourth-order valence-electron chi connectivity index (χ4n) is 2.83. The van der Waals surface area contributed by atoms with Crippen molar-refractivity contribution in [3.05, 3.63) is 52.4 Å². The second-order valence-corrected chi connectivity index (χ2v) is 6.36. The van der Waals surface area contributed by atoms with Gasteiger partial charge >= 0.3 is 0 Å². The first-order valence-electron chi connectivity index (χ1n) is 7.90. The Balaban J connectivity index is 1.57. The molecule has 1 N–H and O–H groups in total. The molecule has 1 saturated carbocycles. The van der Waals surface area contributed by atoms with Gasteiger partial charge in [0.15, 0.2) is 5.76 Å². The molecular formula is C18H20ClNO3. The molecule has 1 fully saturated rings. The van der Waals surface area contributed by atoms with Crippen molar-refractivity contribution in [3.8, 4) is 5.75 Å². The number of halogens is 1. The van der Waals surface area contributed by atoms with Crippen LogP contribution < -0.4 is 10.1 Å². The number of amides is 1. The zero-order chi connectivity index (χ0) is 16.2. The molecule has 5 heteroatoms. The van der Waals surface area contributed by atoms with Crippen LogP contribution in [-0.2, 0) is 6.61 Å². The lowest BCUT2D eigenvalue weighted by Gasteiger charge is -2.10. The fraction of sp³-hybridized carbons (Fsp3) is 0.389. The molecule has 0 radical (unpaired) electrons. The maximum Gasteiger partial charge on any atom is 0.287 e. The van der Waals surface area contributed by atoms with Crippen LogP contribution in [0.15, 0.2) is 34.7 Å². The number of furan rings is 1. The first kappa shape index (κ1) is 15.9. The van der Waals surface area contributed by atoms with Crippen molar-refractivity contribution in [2.24, 2.45) is 0 Å². The van der Waals surface area contributed by atoms with E-state index in [0.717, 1.165) is 24.2 Å². The van der Waals surface area contributed by atoms with Gasteiger partial charge in [-0.05, 0) is 55.7 Å². The van der Waals surface area contributed by atoms with Gasteiger partial charge in [-0.25, -0.2) is 0 Å². The molecule has 2 aromatic rings. The van der Waals surface area contributed by atoms with Gasteiger partial charge in [0, 0.05) is 11.1 Å². The summed E-state index contributed by atoms with van der Waals surface area (Å²) in [6, 6.07) is 9.20. The van der Waals surface area contributed by atoms with Crippen LogP contribution in [0.3, 0.4) is 0 Å². The first-order valence-corrected chi connectivity index (χ1v) is 8.28. The molecule has 23 heavy (non-hydrogen) atoms. The molecule has 0 aliphatic heterocycles. The van der Waals surface area contributed by atoms with Gasteiger partial charge in [0.05, 0.1) is 0 Å². The summed E-state index contributed by atoms with van der Waals surface area (Å²) in [4.78, 5) is 12.1. The lowest BCUT2D eigenvalue weighted by atomic mass is 10.2. The van der Waals surface area contributed by atoms with E-state index in [4.69, 9.17) is 20.8 Å². The van der Waals surface area contributed by atoms with Crippen LogP contribution in [0, 0.1) is 6.92 Å². The highest BCUT2D eigenvalue weighted by atomic mass is 35.5. The van der Waals surface area contributed by atoms with Crippen molar-refractivity contribution in [2.75, 3.05) is 0 Å². The summed E-state index contributed by atoms with van der Waals surface area (Å²) >= 11 is 5.92. The molecule has 0 bridgehead atoms. The normalized spacial score (nSPS) is 14.9. The van der Waals surface area contributed by atoms with Crippen molar-refractivity contribution in [3.63, 3.8) is 0 Å². The Morgan fingerprint density at radius 1 is 1.30 bits per heavy atom. The monoisotopic (exact) mass is 333 g/mol. The highest BCUT2D eigenvalue weighted by Gasteiger charge is 2.19.